The Hall–Kier alpha value is -1.62. The highest BCUT2D eigenvalue weighted by Gasteiger charge is 2.12. The lowest BCUT2D eigenvalue weighted by atomic mass is 10.2. The number of rotatable bonds is 7. The minimum Gasteiger partial charge on any atom is -0.462 e. The number of ether oxygens (including phenoxy) is 2. The van der Waals surface area contributed by atoms with Gasteiger partial charge >= 0.3 is 5.97 Å². The molecule has 0 saturated heterocycles. The molecular weight excluding hydrogens is 220 g/mol. The van der Waals surface area contributed by atoms with Crippen LogP contribution in [0, 0.1) is 0 Å². The average Bonchev–Trinajstić information content (AvgIpc) is 2.35. The van der Waals surface area contributed by atoms with Crippen LogP contribution >= 0.6 is 0 Å². The van der Waals surface area contributed by atoms with Crippen LogP contribution < -0.4 is 5.32 Å². The summed E-state index contributed by atoms with van der Waals surface area (Å²) >= 11 is 0. The molecule has 1 heterocycles. The molecule has 0 fully saturated rings. The van der Waals surface area contributed by atoms with Gasteiger partial charge in [-0.1, -0.05) is 0 Å². The lowest BCUT2D eigenvalue weighted by molar-refractivity contribution is 0.0527. The van der Waals surface area contributed by atoms with Crippen LogP contribution in [0.3, 0.4) is 0 Å². The number of hydrogen-bond donors (Lipinski definition) is 1. The van der Waals surface area contributed by atoms with E-state index in [4.69, 9.17) is 9.47 Å². The molecule has 17 heavy (non-hydrogen) atoms. The Kier molecular flexibility index (Phi) is 6.03. The van der Waals surface area contributed by atoms with Gasteiger partial charge in [-0.3, -0.25) is 0 Å². The van der Waals surface area contributed by atoms with Crippen molar-refractivity contribution in [3.8, 4) is 0 Å². The van der Waals surface area contributed by atoms with Gasteiger partial charge in [-0.25, -0.2) is 9.78 Å². The zero-order valence-electron chi connectivity index (χ0n) is 10.2. The van der Waals surface area contributed by atoms with Crippen molar-refractivity contribution in [2.75, 3.05) is 32.2 Å². The summed E-state index contributed by atoms with van der Waals surface area (Å²) in [7, 11) is 1.66. The summed E-state index contributed by atoms with van der Waals surface area (Å²) in [5.41, 5.74) is 0.465. The summed E-state index contributed by atoms with van der Waals surface area (Å²) in [6.45, 7) is 3.52. The van der Waals surface area contributed by atoms with Crippen molar-refractivity contribution in [2.45, 2.75) is 13.3 Å². The number of nitrogens with zero attached hydrogens (tertiary/aromatic N) is 1. The van der Waals surface area contributed by atoms with Crippen LogP contribution in [0.15, 0.2) is 18.3 Å². The van der Waals surface area contributed by atoms with Gasteiger partial charge in [0.15, 0.2) is 0 Å². The molecule has 1 N–H and O–H groups in total. The number of methoxy groups -OCH3 is 1. The van der Waals surface area contributed by atoms with Crippen molar-refractivity contribution >= 4 is 11.8 Å². The summed E-state index contributed by atoms with van der Waals surface area (Å²) in [6, 6.07) is 3.41. The van der Waals surface area contributed by atoms with Crippen LogP contribution in [0.25, 0.3) is 0 Å². The molecule has 1 rings (SSSR count). The lowest BCUT2D eigenvalue weighted by Crippen LogP contribution is -2.12. The van der Waals surface area contributed by atoms with Crippen LogP contribution in [-0.2, 0) is 9.47 Å². The molecular formula is C12H18N2O3. The number of esters is 1. The Morgan fingerprint density at radius 3 is 3.06 bits per heavy atom. The van der Waals surface area contributed by atoms with E-state index in [1.165, 1.54) is 0 Å². The number of carbonyl (C=O) groups excluding carboxylic acids is 1. The van der Waals surface area contributed by atoms with Crippen LogP contribution in [0.5, 0.6) is 0 Å². The number of pyridine rings is 1. The fourth-order valence-corrected chi connectivity index (χ4v) is 1.34. The number of hydrogen-bond acceptors (Lipinski definition) is 5. The van der Waals surface area contributed by atoms with E-state index >= 15 is 0 Å². The van der Waals surface area contributed by atoms with Gasteiger partial charge in [0.05, 0.1) is 6.61 Å². The third-order valence-corrected chi connectivity index (χ3v) is 2.12. The molecule has 0 bridgehead atoms. The van der Waals surface area contributed by atoms with Gasteiger partial charge in [0, 0.05) is 26.5 Å². The van der Waals surface area contributed by atoms with Crippen molar-refractivity contribution in [1.82, 2.24) is 4.98 Å². The molecule has 0 radical (unpaired) electrons. The molecule has 0 atom stereocenters. The fraction of sp³-hybridized carbons (Fsp3) is 0.500. The van der Waals surface area contributed by atoms with E-state index in [1.807, 2.05) is 0 Å². The summed E-state index contributed by atoms with van der Waals surface area (Å²) in [6.07, 6.45) is 2.50. The van der Waals surface area contributed by atoms with Gasteiger partial charge in [-0.2, -0.15) is 0 Å². The van der Waals surface area contributed by atoms with Crippen molar-refractivity contribution in [3.05, 3.63) is 23.9 Å². The molecule has 0 aliphatic carbocycles. The van der Waals surface area contributed by atoms with Gasteiger partial charge in [0.2, 0.25) is 0 Å². The normalized spacial score (nSPS) is 10.0. The van der Waals surface area contributed by atoms with E-state index < -0.39 is 0 Å². The summed E-state index contributed by atoms with van der Waals surface area (Å²) in [5, 5.41) is 3.10. The molecule has 0 aliphatic heterocycles. The van der Waals surface area contributed by atoms with Crippen LogP contribution in [-0.4, -0.2) is 37.8 Å². The van der Waals surface area contributed by atoms with E-state index in [1.54, 1.807) is 32.4 Å². The average molecular weight is 238 g/mol. The van der Waals surface area contributed by atoms with Crippen molar-refractivity contribution < 1.29 is 14.3 Å². The van der Waals surface area contributed by atoms with Crippen molar-refractivity contribution in [1.29, 1.82) is 0 Å². The van der Waals surface area contributed by atoms with Gasteiger partial charge in [0.1, 0.15) is 11.4 Å². The minimum atomic E-state index is -0.352. The molecule has 0 spiro atoms. The quantitative estimate of drug-likeness (QED) is 0.578. The summed E-state index contributed by atoms with van der Waals surface area (Å²) in [5.74, 6) is 0.205. The molecule has 0 aromatic carbocycles. The van der Waals surface area contributed by atoms with Crippen molar-refractivity contribution in [2.24, 2.45) is 0 Å². The molecule has 0 amide bonds. The Labute approximate surface area is 101 Å². The molecule has 0 aliphatic rings. The molecule has 1 aromatic rings. The predicted octanol–water partition coefficient (Wildman–Crippen LogP) is 1.71. The van der Waals surface area contributed by atoms with Crippen LogP contribution in [0.1, 0.15) is 23.7 Å². The first kappa shape index (κ1) is 13.4. The molecule has 1 aromatic heterocycles. The molecule has 0 unspecified atom stereocenters. The highest BCUT2D eigenvalue weighted by Crippen LogP contribution is 2.12. The zero-order valence-corrected chi connectivity index (χ0v) is 10.2. The fourth-order valence-electron chi connectivity index (χ4n) is 1.34. The molecule has 94 valence electrons. The Morgan fingerprint density at radius 2 is 2.35 bits per heavy atom. The van der Waals surface area contributed by atoms with Crippen LogP contribution in [0.2, 0.25) is 0 Å². The first-order chi connectivity index (χ1) is 8.29. The van der Waals surface area contributed by atoms with Gasteiger partial charge in [-0.15, -0.1) is 0 Å². The smallest absolute Gasteiger partial charge is 0.341 e. The second-order valence-electron chi connectivity index (χ2n) is 3.39. The number of anilines is 1. The van der Waals surface area contributed by atoms with Crippen LogP contribution in [0.4, 0.5) is 5.82 Å². The van der Waals surface area contributed by atoms with E-state index in [2.05, 4.69) is 10.3 Å². The predicted molar refractivity (Wildman–Crippen MR) is 65.2 cm³/mol. The SMILES string of the molecule is CCOC(=O)c1cccnc1NCCCOC. The Morgan fingerprint density at radius 1 is 1.53 bits per heavy atom. The first-order valence-electron chi connectivity index (χ1n) is 5.64. The summed E-state index contributed by atoms with van der Waals surface area (Å²) < 4.78 is 9.90. The highest BCUT2D eigenvalue weighted by atomic mass is 16.5. The topological polar surface area (TPSA) is 60.5 Å². The Balaban J connectivity index is 2.61. The second-order valence-corrected chi connectivity index (χ2v) is 3.39. The van der Waals surface area contributed by atoms with Gasteiger partial charge < -0.3 is 14.8 Å². The number of nitrogens with one attached hydrogen (secondary N) is 1. The maximum absolute atomic E-state index is 11.6. The Bertz CT molecular complexity index is 355. The number of carbonyl (C=O) groups is 1. The number of aromatic nitrogens is 1. The standard InChI is InChI=1S/C12H18N2O3/c1-3-17-12(15)10-6-4-7-13-11(10)14-8-5-9-16-2/h4,6-7H,3,5,8-9H2,1-2H3,(H,13,14). The monoisotopic (exact) mass is 238 g/mol. The second kappa shape index (κ2) is 7.62. The van der Waals surface area contributed by atoms with E-state index in [0.29, 0.717) is 31.1 Å². The minimum absolute atomic E-state index is 0.352. The third-order valence-electron chi connectivity index (χ3n) is 2.12. The molecule has 0 saturated carbocycles. The summed E-state index contributed by atoms with van der Waals surface area (Å²) in [4.78, 5) is 15.8. The zero-order chi connectivity index (χ0) is 12.5. The molecule has 5 heteroatoms. The third kappa shape index (κ3) is 4.40. The maximum Gasteiger partial charge on any atom is 0.341 e. The first-order valence-corrected chi connectivity index (χ1v) is 5.64. The highest BCUT2D eigenvalue weighted by molar-refractivity contribution is 5.94. The van der Waals surface area contributed by atoms with E-state index in [-0.39, 0.29) is 5.97 Å². The van der Waals surface area contributed by atoms with E-state index in [9.17, 15) is 4.79 Å². The largest absolute Gasteiger partial charge is 0.462 e. The lowest BCUT2D eigenvalue weighted by Gasteiger charge is -2.09. The van der Waals surface area contributed by atoms with E-state index in [0.717, 1.165) is 6.42 Å². The van der Waals surface area contributed by atoms with Gasteiger partial charge in [-0.05, 0) is 25.5 Å². The maximum atomic E-state index is 11.6. The molecule has 5 nitrogen and oxygen atoms in total. The van der Waals surface area contributed by atoms with Gasteiger partial charge in [0.25, 0.3) is 0 Å². The van der Waals surface area contributed by atoms with Crippen molar-refractivity contribution in [3.63, 3.8) is 0 Å².